The molecule has 1 amide bonds. The monoisotopic (exact) mass is 501 g/mol. The number of carbonyl (C=O) groups is 1. The first-order valence-electron chi connectivity index (χ1n) is 12.2. The van der Waals surface area contributed by atoms with Gasteiger partial charge < -0.3 is 14.5 Å². The third-order valence-corrected chi connectivity index (χ3v) is 9.65. The summed E-state index contributed by atoms with van der Waals surface area (Å²) in [5, 5.41) is 9.34. The molecule has 1 heterocycles. The molecule has 35 heavy (non-hydrogen) atoms. The van der Waals surface area contributed by atoms with Crippen molar-refractivity contribution in [3.63, 3.8) is 0 Å². The minimum Gasteiger partial charge on any atom is -0.494 e. The third-order valence-electron chi connectivity index (χ3n) is 7.14. The molecule has 0 radical (unpaired) electrons. The van der Waals surface area contributed by atoms with E-state index in [9.17, 15) is 18.4 Å². The standard InChI is InChI=1S/C26H35N3O5S/c1-28(2)22-7-3-5-20(19-22)6-4-18-34-23-10-12-24(13-11-23)35(32,33)26(25(30)27-31)14-16-29(17-15-26)21-8-9-21/h3,5,7,10-13,19,21,31H,4,6,8-9,14-18H2,1-2H3,(H,27,30). The summed E-state index contributed by atoms with van der Waals surface area (Å²) in [6.45, 7) is 1.55. The lowest BCUT2D eigenvalue weighted by molar-refractivity contribution is -0.133. The van der Waals surface area contributed by atoms with E-state index < -0.39 is 20.5 Å². The van der Waals surface area contributed by atoms with Crippen LogP contribution in [0.15, 0.2) is 53.4 Å². The van der Waals surface area contributed by atoms with E-state index in [4.69, 9.17) is 4.74 Å². The van der Waals surface area contributed by atoms with E-state index in [2.05, 4.69) is 28.0 Å². The van der Waals surface area contributed by atoms with Crippen LogP contribution in [0.5, 0.6) is 5.75 Å². The fourth-order valence-corrected chi connectivity index (χ4v) is 6.76. The molecule has 0 unspecified atom stereocenters. The highest BCUT2D eigenvalue weighted by atomic mass is 32.2. The van der Waals surface area contributed by atoms with Crippen LogP contribution < -0.4 is 15.1 Å². The molecule has 2 fully saturated rings. The number of hydrogen-bond donors (Lipinski definition) is 2. The Hall–Kier alpha value is -2.62. The van der Waals surface area contributed by atoms with Gasteiger partial charge in [0.25, 0.3) is 5.91 Å². The predicted molar refractivity (Wildman–Crippen MR) is 135 cm³/mol. The average molecular weight is 502 g/mol. The summed E-state index contributed by atoms with van der Waals surface area (Å²) >= 11 is 0. The summed E-state index contributed by atoms with van der Waals surface area (Å²) in [6, 6.07) is 15.1. The molecule has 4 rings (SSSR count). The summed E-state index contributed by atoms with van der Waals surface area (Å²) < 4.78 is 31.3. The van der Waals surface area contributed by atoms with E-state index >= 15 is 0 Å². The maximum absolute atomic E-state index is 13.6. The fraction of sp³-hybridized carbons (Fsp3) is 0.500. The Balaban J connectivity index is 1.37. The number of hydroxylamine groups is 1. The van der Waals surface area contributed by atoms with Crippen molar-refractivity contribution < 1.29 is 23.2 Å². The molecule has 9 heteroatoms. The van der Waals surface area contributed by atoms with Gasteiger partial charge in [-0.2, -0.15) is 0 Å². The van der Waals surface area contributed by atoms with E-state index in [1.807, 2.05) is 20.2 Å². The first-order valence-corrected chi connectivity index (χ1v) is 13.7. The molecule has 1 aliphatic heterocycles. The molecule has 190 valence electrons. The van der Waals surface area contributed by atoms with Gasteiger partial charge >= 0.3 is 0 Å². The number of benzene rings is 2. The van der Waals surface area contributed by atoms with Gasteiger partial charge in [0.2, 0.25) is 0 Å². The average Bonchev–Trinajstić information content (AvgIpc) is 3.72. The van der Waals surface area contributed by atoms with Crippen molar-refractivity contribution in [1.82, 2.24) is 10.4 Å². The van der Waals surface area contributed by atoms with Crippen LogP contribution in [0.2, 0.25) is 0 Å². The minimum atomic E-state index is -4.01. The normalized spacial score (nSPS) is 18.1. The van der Waals surface area contributed by atoms with Crippen LogP contribution in [0.25, 0.3) is 0 Å². The van der Waals surface area contributed by atoms with Crippen molar-refractivity contribution in [2.45, 2.75) is 54.2 Å². The van der Waals surface area contributed by atoms with Crippen LogP contribution in [0.3, 0.4) is 0 Å². The fourth-order valence-electron chi connectivity index (χ4n) is 4.81. The maximum Gasteiger partial charge on any atom is 0.265 e. The summed E-state index contributed by atoms with van der Waals surface area (Å²) in [4.78, 5) is 17.0. The van der Waals surface area contributed by atoms with Gasteiger partial charge in [-0.3, -0.25) is 10.0 Å². The number of piperidine rings is 1. The molecule has 0 atom stereocenters. The number of anilines is 1. The lowest BCUT2D eigenvalue weighted by atomic mass is 9.94. The van der Waals surface area contributed by atoms with Gasteiger partial charge in [-0.05, 0) is 80.5 Å². The Morgan fingerprint density at radius 1 is 1.14 bits per heavy atom. The number of aryl methyl sites for hydroxylation is 1. The number of nitrogens with one attached hydrogen (secondary N) is 1. The lowest BCUT2D eigenvalue weighted by Gasteiger charge is -2.39. The second-order valence-electron chi connectivity index (χ2n) is 9.69. The van der Waals surface area contributed by atoms with E-state index in [0.717, 1.165) is 31.4 Å². The Bertz CT molecular complexity index is 1120. The first-order chi connectivity index (χ1) is 16.8. The molecular weight excluding hydrogens is 466 g/mol. The largest absolute Gasteiger partial charge is 0.494 e. The molecule has 2 aliphatic rings. The van der Waals surface area contributed by atoms with E-state index in [0.29, 0.717) is 31.5 Å². The Kier molecular flexibility index (Phi) is 7.68. The number of likely N-dealkylation sites (tertiary alicyclic amines) is 1. The number of ether oxygens (including phenoxy) is 1. The highest BCUT2D eigenvalue weighted by molar-refractivity contribution is 7.93. The summed E-state index contributed by atoms with van der Waals surface area (Å²) in [6.07, 6.45) is 4.27. The van der Waals surface area contributed by atoms with Crippen molar-refractivity contribution in [2.75, 3.05) is 38.7 Å². The Morgan fingerprint density at radius 2 is 1.83 bits per heavy atom. The van der Waals surface area contributed by atoms with E-state index in [-0.39, 0.29) is 17.7 Å². The predicted octanol–water partition coefficient (Wildman–Crippen LogP) is 3.04. The number of sulfone groups is 1. The maximum atomic E-state index is 13.6. The van der Waals surface area contributed by atoms with Gasteiger partial charge in [0.15, 0.2) is 14.6 Å². The topological polar surface area (TPSA) is 99.2 Å². The second-order valence-corrected chi connectivity index (χ2v) is 12.0. The number of hydrogen-bond acceptors (Lipinski definition) is 7. The Morgan fingerprint density at radius 3 is 2.43 bits per heavy atom. The molecule has 1 saturated heterocycles. The van der Waals surface area contributed by atoms with Gasteiger partial charge in [0.1, 0.15) is 5.75 Å². The van der Waals surface area contributed by atoms with Crippen molar-refractivity contribution in [1.29, 1.82) is 0 Å². The number of rotatable bonds is 10. The van der Waals surface area contributed by atoms with E-state index in [1.165, 1.54) is 17.7 Å². The molecule has 2 aromatic rings. The van der Waals surface area contributed by atoms with Crippen LogP contribution >= 0.6 is 0 Å². The highest BCUT2D eigenvalue weighted by Crippen LogP contribution is 2.39. The van der Waals surface area contributed by atoms with Gasteiger partial charge in [0.05, 0.1) is 11.5 Å². The van der Waals surface area contributed by atoms with Crippen molar-refractivity contribution in [3.8, 4) is 5.75 Å². The molecule has 1 aliphatic carbocycles. The number of nitrogens with zero attached hydrogens (tertiary/aromatic N) is 2. The zero-order valence-corrected chi connectivity index (χ0v) is 21.3. The van der Waals surface area contributed by atoms with Gasteiger partial charge in [-0.1, -0.05) is 12.1 Å². The third kappa shape index (κ3) is 5.47. The molecular formula is C26H35N3O5S. The van der Waals surface area contributed by atoms with Crippen molar-refractivity contribution in [2.24, 2.45) is 0 Å². The summed E-state index contributed by atoms with van der Waals surface area (Å²) in [5.74, 6) is -0.276. The molecule has 1 saturated carbocycles. The number of amides is 1. The summed E-state index contributed by atoms with van der Waals surface area (Å²) in [5.41, 5.74) is 4.01. The first kappa shape index (κ1) is 25.5. The van der Waals surface area contributed by atoms with Gasteiger partial charge in [0, 0.05) is 38.9 Å². The smallest absolute Gasteiger partial charge is 0.265 e. The van der Waals surface area contributed by atoms with E-state index in [1.54, 1.807) is 17.6 Å². The molecule has 8 nitrogen and oxygen atoms in total. The van der Waals surface area contributed by atoms with Crippen LogP contribution in [0.4, 0.5) is 5.69 Å². The minimum absolute atomic E-state index is 0.0637. The Labute approximate surface area is 207 Å². The zero-order valence-electron chi connectivity index (χ0n) is 20.4. The SMILES string of the molecule is CN(C)c1cccc(CCCOc2ccc(S(=O)(=O)C3(C(=O)NO)CCN(C4CC4)CC3)cc2)c1. The molecule has 2 N–H and O–H groups in total. The van der Waals surface area contributed by atoms with Gasteiger partial charge in [-0.25, -0.2) is 13.9 Å². The quantitative estimate of drug-likeness (QED) is 0.293. The van der Waals surface area contributed by atoms with Crippen LogP contribution in [0, 0.1) is 0 Å². The lowest BCUT2D eigenvalue weighted by Crippen LogP contribution is -2.58. The molecule has 0 bridgehead atoms. The second kappa shape index (κ2) is 10.6. The zero-order chi connectivity index (χ0) is 25.1. The molecule has 2 aromatic carbocycles. The molecule has 0 aromatic heterocycles. The van der Waals surface area contributed by atoms with Crippen LogP contribution in [0.1, 0.15) is 37.7 Å². The van der Waals surface area contributed by atoms with Crippen molar-refractivity contribution >= 4 is 21.4 Å². The highest BCUT2D eigenvalue weighted by Gasteiger charge is 2.53. The van der Waals surface area contributed by atoms with Crippen molar-refractivity contribution in [3.05, 3.63) is 54.1 Å². The van der Waals surface area contributed by atoms with Crippen LogP contribution in [-0.2, 0) is 21.1 Å². The van der Waals surface area contributed by atoms with Crippen LogP contribution in [-0.4, -0.2) is 69.0 Å². The summed E-state index contributed by atoms with van der Waals surface area (Å²) in [7, 11) is 0.0192. The number of carbonyl (C=O) groups excluding carboxylic acids is 1. The van der Waals surface area contributed by atoms with Gasteiger partial charge in [-0.15, -0.1) is 0 Å². The molecule has 0 spiro atoms.